The third-order valence-corrected chi connectivity index (χ3v) is 5.90. The van der Waals surface area contributed by atoms with Gasteiger partial charge in [-0.25, -0.2) is 4.98 Å². The van der Waals surface area contributed by atoms with Crippen LogP contribution in [0.5, 0.6) is 5.75 Å². The van der Waals surface area contributed by atoms with Gasteiger partial charge in [-0.1, -0.05) is 34.1 Å². The van der Waals surface area contributed by atoms with Gasteiger partial charge in [-0.05, 0) is 54.6 Å². The van der Waals surface area contributed by atoms with Crippen molar-refractivity contribution in [3.05, 3.63) is 17.8 Å². The number of carbonyl (C=O) groups excluding carboxylic acids is 1. The average molecular weight is 344 g/mol. The van der Waals surface area contributed by atoms with Crippen LogP contribution in [0.4, 0.5) is 5.82 Å². The second-order valence-corrected chi connectivity index (χ2v) is 8.63. The number of rotatable bonds is 7. The average Bonchev–Trinajstić information content (AvgIpc) is 2.55. The number of carbonyl (C=O) groups is 1. The largest absolute Gasteiger partial charge is 0.492 e. The van der Waals surface area contributed by atoms with Crippen LogP contribution < -0.4 is 9.64 Å². The predicted octanol–water partition coefficient (Wildman–Crippen LogP) is 4.61. The molecule has 1 aliphatic carbocycles. The maximum absolute atomic E-state index is 12.5. The minimum atomic E-state index is 0.221. The van der Waals surface area contributed by atoms with Gasteiger partial charge in [0, 0.05) is 13.0 Å². The lowest BCUT2D eigenvalue weighted by molar-refractivity contribution is -0.119. The molecule has 1 aliphatic heterocycles. The zero-order chi connectivity index (χ0) is 18.0. The first-order chi connectivity index (χ1) is 11.9. The number of amides is 1. The van der Waals surface area contributed by atoms with Crippen molar-refractivity contribution in [3.8, 4) is 5.75 Å². The van der Waals surface area contributed by atoms with Gasteiger partial charge in [0.15, 0.2) is 0 Å². The van der Waals surface area contributed by atoms with Gasteiger partial charge in [0.25, 0.3) is 0 Å². The standard InChI is InChI=1S/C21H32N2O2/c1-5-21(4)11-16(12-21)14-23-19(24)7-6-17-10-18(13-22-20(17)23)25-9-8-15(2)3/h10,13,15-16H,5-9,11-12,14H2,1-4H3. The van der Waals surface area contributed by atoms with E-state index < -0.39 is 0 Å². The van der Waals surface area contributed by atoms with E-state index in [1.807, 2.05) is 4.90 Å². The van der Waals surface area contributed by atoms with Gasteiger partial charge in [-0.15, -0.1) is 0 Å². The van der Waals surface area contributed by atoms with E-state index in [0.29, 0.717) is 23.7 Å². The van der Waals surface area contributed by atoms with E-state index in [-0.39, 0.29) is 5.91 Å². The van der Waals surface area contributed by atoms with Gasteiger partial charge in [0.05, 0.1) is 12.8 Å². The molecule has 0 bridgehead atoms. The normalized spacial score (nSPS) is 25.7. The van der Waals surface area contributed by atoms with E-state index in [9.17, 15) is 4.79 Å². The van der Waals surface area contributed by atoms with E-state index >= 15 is 0 Å². The quantitative estimate of drug-likeness (QED) is 0.725. The molecule has 1 fully saturated rings. The Morgan fingerprint density at radius 1 is 1.36 bits per heavy atom. The molecule has 4 nitrogen and oxygen atoms in total. The summed E-state index contributed by atoms with van der Waals surface area (Å²) < 4.78 is 5.83. The molecule has 1 saturated carbocycles. The molecule has 0 aromatic carbocycles. The highest BCUT2D eigenvalue weighted by molar-refractivity contribution is 5.95. The molecule has 1 amide bonds. The summed E-state index contributed by atoms with van der Waals surface area (Å²) in [6.45, 7) is 10.6. The molecule has 1 aromatic rings. The monoisotopic (exact) mass is 344 g/mol. The lowest BCUT2D eigenvalue weighted by Crippen LogP contribution is -2.45. The van der Waals surface area contributed by atoms with Crippen LogP contribution in [0, 0.1) is 17.3 Å². The van der Waals surface area contributed by atoms with Gasteiger partial charge in [0.1, 0.15) is 11.6 Å². The van der Waals surface area contributed by atoms with Gasteiger partial charge >= 0.3 is 0 Å². The lowest BCUT2D eigenvalue weighted by atomic mass is 9.61. The molecular weight excluding hydrogens is 312 g/mol. The molecule has 1 aromatic heterocycles. The molecule has 0 radical (unpaired) electrons. The third-order valence-electron chi connectivity index (χ3n) is 5.90. The first-order valence-corrected chi connectivity index (χ1v) is 9.82. The molecule has 3 rings (SSSR count). The topological polar surface area (TPSA) is 42.4 Å². The number of anilines is 1. The lowest BCUT2D eigenvalue weighted by Gasteiger charge is -2.47. The molecule has 0 N–H and O–H groups in total. The number of ether oxygens (including phenoxy) is 1. The zero-order valence-electron chi connectivity index (χ0n) is 16.2. The van der Waals surface area contributed by atoms with E-state index in [2.05, 4.69) is 38.7 Å². The highest BCUT2D eigenvalue weighted by atomic mass is 16.5. The highest BCUT2D eigenvalue weighted by Crippen LogP contribution is 2.48. The van der Waals surface area contributed by atoms with Crippen molar-refractivity contribution in [1.82, 2.24) is 4.98 Å². The van der Waals surface area contributed by atoms with Crippen LogP contribution in [0.1, 0.15) is 65.4 Å². The highest BCUT2D eigenvalue weighted by Gasteiger charge is 2.40. The molecule has 0 unspecified atom stereocenters. The van der Waals surface area contributed by atoms with Crippen molar-refractivity contribution in [1.29, 1.82) is 0 Å². The summed E-state index contributed by atoms with van der Waals surface area (Å²) in [4.78, 5) is 19.0. The third kappa shape index (κ3) is 4.16. The fraction of sp³-hybridized carbons (Fsp3) is 0.714. The number of aryl methyl sites for hydroxylation is 1. The smallest absolute Gasteiger partial charge is 0.228 e. The number of fused-ring (bicyclic) bond motifs is 1. The van der Waals surface area contributed by atoms with Crippen molar-refractivity contribution >= 4 is 11.7 Å². The minimum absolute atomic E-state index is 0.221. The fourth-order valence-electron chi connectivity index (χ4n) is 4.09. The van der Waals surface area contributed by atoms with Crippen molar-refractivity contribution < 1.29 is 9.53 Å². The SMILES string of the molecule is CCC1(C)CC(CN2C(=O)CCc3cc(OCCC(C)C)cnc32)C1. The second-order valence-electron chi connectivity index (χ2n) is 8.63. The Morgan fingerprint density at radius 3 is 2.80 bits per heavy atom. The summed E-state index contributed by atoms with van der Waals surface area (Å²) in [5, 5.41) is 0. The van der Waals surface area contributed by atoms with Crippen molar-refractivity contribution in [3.63, 3.8) is 0 Å². The summed E-state index contributed by atoms with van der Waals surface area (Å²) >= 11 is 0. The van der Waals surface area contributed by atoms with Crippen LogP contribution >= 0.6 is 0 Å². The molecule has 4 heteroatoms. The summed E-state index contributed by atoms with van der Waals surface area (Å²) in [7, 11) is 0. The second kappa shape index (κ2) is 7.35. The van der Waals surface area contributed by atoms with Crippen LogP contribution in [0.3, 0.4) is 0 Å². The van der Waals surface area contributed by atoms with Crippen LogP contribution in [0.25, 0.3) is 0 Å². The maximum Gasteiger partial charge on any atom is 0.228 e. The number of hydrogen-bond donors (Lipinski definition) is 0. The van der Waals surface area contributed by atoms with Crippen LogP contribution in [0.2, 0.25) is 0 Å². The summed E-state index contributed by atoms with van der Waals surface area (Å²) in [5.41, 5.74) is 1.63. The van der Waals surface area contributed by atoms with Gasteiger partial charge in [0.2, 0.25) is 5.91 Å². The maximum atomic E-state index is 12.5. The molecule has 0 saturated heterocycles. The Kier molecular flexibility index (Phi) is 5.35. The van der Waals surface area contributed by atoms with Crippen LogP contribution in [0.15, 0.2) is 12.3 Å². The van der Waals surface area contributed by atoms with Crippen molar-refractivity contribution in [2.24, 2.45) is 17.3 Å². The summed E-state index contributed by atoms with van der Waals surface area (Å²) in [5.74, 6) is 3.16. The first-order valence-electron chi connectivity index (χ1n) is 9.82. The van der Waals surface area contributed by atoms with Crippen molar-refractivity contribution in [2.75, 3.05) is 18.1 Å². The van der Waals surface area contributed by atoms with Crippen LogP contribution in [-0.4, -0.2) is 24.0 Å². The van der Waals surface area contributed by atoms with Gasteiger partial charge in [-0.3, -0.25) is 9.69 Å². The predicted molar refractivity (Wildman–Crippen MR) is 101 cm³/mol. The molecular formula is C21H32N2O2. The number of pyridine rings is 1. The molecule has 2 aliphatic rings. The molecule has 2 heterocycles. The van der Waals surface area contributed by atoms with Crippen LogP contribution in [-0.2, 0) is 11.2 Å². The number of hydrogen-bond acceptors (Lipinski definition) is 3. The fourth-order valence-corrected chi connectivity index (χ4v) is 4.09. The van der Waals surface area contributed by atoms with E-state index in [1.54, 1.807) is 6.20 Å². The molecule has 0 spiro atoms. The first kappa shape index (κ1) is 18.2. The van der Waals surface area contributed by atoms with Gasteiger partial charge < -0.3 is 4.74 Å². The van der Waals surface area contributed by atoms with E-state index in [1.165, 1.54) is 19.3 Å². The Balaban J connectivity index is 1.65. The van der Waals surface area contributed by atoms with Crippen molar-refractivity contribution in [2.45, 2.75) is 66.2 Å². The Morgan fingerprint density at radius 2 is 2.12 bits per heavy atom. The van der Waals surface area contributed by atoms with Gasteiger partial charge in [-0.2, -0.15) is 0 Å². The molecule has 0 atom stereocenters. The Labute approximate surface area is 152 Å². The summed E-state index contributed by atoms with van der Waals surface area (Å²) in [6, 6.07) is 2.08. The zero-order valence-corrected chi connectivity index (χ0v) is 16.2. The summed E-state index contributed by atoms with van der Waals surface area (Å²) in [6.07, 6.45) is 7.85. The molecule has 138 valence electrons. The number of nitrogens with zero attached hydrogens (tertiary/aromatic N) is 2. The number of aromatic nitrogens is 1. The van der Waals surface area contributed by atoms with E-state index in [4.69, 9.17) is 4.74 Å². The van der Waals surface area contributed by atoms with E-state index in [0.717, 1.165) is 43.1 Å². The minimum Gasteiger partial charge on any atom is -0.492 e. The molecule has 25 heavy (non-hydrogen) atoms. The Hall–Kier alpha value is -1.58. The Bertz CT molecular complexity index is 620.